The predicted octanol–water partition coefficient (Wildman–Crippen LogP) is 5.64. The zero-order chi connectivity index (χ0) is 20.7. The monoisotopic (exact) mass is 431 g/mol. The fraction of sp³-hybridized carbons (Fsp3) is 0.435. The van der Waals surface area contributed by atoms with Crippen LogP contribution in [0.1, 0.15) is 36.6 Å². The molecule has 1 aromatic heterocycles. The van der Waals surface area contributed by atoms with Gasteiger partial charge < -0.3 is 10.0 Å². The summed E-state index contributed by atoms with van der Waals surface area (Å²) in [6.45, 7) is 8.61. The van der Waals surface area contributed by atoms with Crippen LogP contribution in [0.4, 0.5) is 5.82 Å². The van der Waals surface area contributed by atoms with Crippen LogP contribution >= 0.6 is 23.2 Å². The van der Waals surface area contributed by atoms with Crippen LogP contribution in [-0.2, 0) is 6.42 Å². The first-order valence-corrected chi connectivity index (χ1v) is 10.9. The van der Waals surface area contributed by atoms with E-state index in [1.807, 2.05) is 12.1 Å². The van der Waals surface area contributed by atoms with Gasteiger partial charge in [-0.2, -0.15) is 0 Å². The van der Waals surface area contributed by atoms with Gasteiger partial charge in [0.2, 0.25) is 0 Å². The third-order valence-electron chi connectivity index (χ3n) is 6.26. The number of allylic oxidation sites excluding steroid dienone is 2. The Morgan fingerprint density at radius 1 is 1.14 bits per heavy atom. The largest absolute Gasteiger partial charge is 0.396 e. The van der Waals surface area contributed by atoms with E-state index >= 15 is 0 Å². The van der Waals surface area contributed by atoms with Crippen molar-refractivity contribution in [2.75, 3.05) is 19.7 Å². The van der Waals surface area contributed by atoms with Crippen molar-refractivity contribution in [3.05, 3.63) is 56.8 Å². The number of aliphatic imine (C=N–C) groups is 1. The van der Waals surface area contributed by atoms with E-state index in [0.29, 0.717) is 22.6 Å². The molecule has 0 saturated carbocycles. The number of nitrogens with zero attached hydrogens (tertiary/aromatic N) is 3. The molecule has 0 unspecified atom stereocenters. The molecule has 0 spiro atoms. The first-order valence-electron chi connectivity index (χ1n) is 10.2. The molecule has 0 bridgehead atoms. The van der Waals surface area contributed by atoms with E-state index in [-0.39, 0.29) is 0 Å². The minimum Gasteiger partial charge on any atom is -0.396 e. The topological polar surface area (TPSA) is 40.8 Å². The Balaban J connectivity index is 1.74. The van der Waals surface area contributed by atoms with Gasteiger partial charge in [-0.25, -0.2) is 4.99 Å². The maximum absolute atomic E-state index is 9.45. The Kier molecular flexibility index (Phi) is 5.78. The number of aromatic nitrogens is 1. The Hall–Kier alpha value is -1.75. The molecule has 6 heteroatoms. The number of halogens is 2. The average Bonchev–Trinajstić information content (AvgIpc) is 2.83. The second kappa shape index (κ2) is 8.17. The van der Waals surface area contributed by atoms with Gasteiger partial charge in [0, 0.05) is 53.8 Å². The van der Waals surface area contributed by atoms with Gasteiger partial charge >= 0.3 is 0 Å². The number of rotatable bonds is 3. The van der Waals surface area contributed by atoms with E-state index in [4.69, 9.17) is 28.2 Å². The van der Waals surface area contributed by atoms with Gasteiger partial charge in [0.05, 0.1) is 10.7 Å². The minimum atomic E-state index is 0.292. The van der Waals surface area contributed by atoms with Crippen molar-refractivity contribution in [3.8, 4) is 5.69 Å². The van der Waals surface area contributed by atoms with Gasteiger partial charge in [-0.3, -0.25) is 4.57 Å². The zero-order valence-corrected chi connectivity index (χ0v) is 18.7. The molecule has 0 atom stereocenters. The molecule has 1 aromatic carbocycles. The number of piperidine rings is 1. The van der Waals surface area contributed by atoms with E-state index in [9.17, 15) is 5.11 Å². The van der Waals surface area contributed by atoms with E-state index in [2.05, 4.69) is 36.3 Å². The third kappa shape index (κ3) is 3.86. The molecule has 0 radical (unpaired) electrons. The lowest BCUT2D eigenvalue weighted by Crippen LogP contribution is -2.35. The molecule has 1 N–H and O–H groups in total. The highest BCUT2D eigenvalue weighted by atomic mass is 35.5. The molecule has 4 rings (SSSR count). The van der Waals surface area contributed by atoms with Crippen molar-refractivity contribution < 1.29 is 5.11 Å². The Morgan fingerprint density at radius 2 is 1.86 bits per heavy atom. The van der Waals surface area contributed by atoms with E-state index in [1.54, 1.807) is 6.07 Å². The van der Waals surface area contributed by atoms with E-state index < -0.39 is 0 Å². The summed E-state index contributed by atoms with van der Waals surface area (Å²) in [6.07, 6.45) is 5.14. The molecule has 1 fully saturated rings. The highest BCUT2D eigenvalue weighted by molar-refractivity contribution is 6.35. The number of aliphatic hydroxyl groups is 1. The lowest BCUT2D eigenvalue weighted by atomic mass is 9.96. The van der Waals surface area contributed by atoms with Crippen molar-refractivity contribution in [2.45, 2.75) is 40.0 Å². The highest BCUT2D eigenvalue weighted by Crippen LogP contribution is 2.39. The SMILES string of the molecule is CC1=Nc2c(c(C)c(C)n2-c2ccc(Cl)cc2Cl)CC(N2CCC(CO)CC2)=C1. The molecule has 4 nitrogen and oxygen atoms in total. The van der Waals surface area contributed by atoms with Crippen LogP contribution in [0.15, 0.2) is 35.0 Å². The van der Waals surface area contributed by atoms with Gasteiger partial charge in [-0.05, 0) is 69.4 Å². The zero-order valence-electron chi connectivity index (χ0n) is 17.2. The molecule has 2 aliphatic rings. The van der Waals surface area contributed by atoms with Gasteiger partial charge in [0.25, 0.3) is 0 Å². The summed E-state index contributed by atoms with van der Waals surface area (Å²) < 4.78 is 2.15. The summed E-state index contributed by atoms with van der Waals surface area (Å²) in [5, 5.41) is 10.7. The van der Waals surface area contributed by atoms with Gasteiger partial charge in [0.1, 0.15) is 5.82 Å². The number of fused-ring (bicyclic) bond motifs is 1. The molecule has 2 aromatic rings. The quantitative estimate of drug-likeness (QED) is 0.682. The van der Waals surface area contributed by atoms with Crippen LogP contribution in [0.5, 0.6) is 0 Å². The second-order valence-electron chi connectivity index (χ2n) is 8.12. The van der Waals surface area contributed by atoms with Crippen LogP contribution in [-0.4, -0.2) is 40.0 Å². The van der Waals surface area contributed by atoms with E-state index in [1.165, 1.54) is 16.8 Å². The van der Waals surface area contributed by atoms with Crippen molar-refractivity contribution in [1.29, 1.82) is 0 Å². The molecular weight excluding hydrogens is 405 g/mol. The summed E-state index contributed by atoms with van der Waals surface area (Å²) in [7, 11) is 0. The predicted molar refractivity (Wildman–Crippen MR) is 121 cm³/mol. The van der Waals surface area contributed by atoms with Gasteiger partial charge in [-0.1, -0.05) is 23.2 Å². The fourth-order valence-corrected chi connectivity index (χ4v) is 4.91. The molecule has 0 aliphatic carbocycles. The molecule has 2 aliphatic heterocycles. The van der Waals surface area contributed by atoms with Crippen molar-refractivity contribution in [3.63, 3.8) is 0 Å². The lowest BCUT2D eigenvalue weighted by molar-refractivity contribution is 0.150. The highest BCUT2D eigenvalue weighted by Gasteiger charge is 2.26. The summed E-state index contributed by atoms with van der Waals surface area (Å²) >= 11 is 12.7. The fourth-order valence-electron chi connectivity index (χ4n) is 4.41. The molecule has 29 heavy (non-hydrogen) atoms. The number of benzene rings is 1. The smallest absolute Gasteiger partial charge is 0.141 e. The number of aliphatic hydroxyl groups excluding tert-OH is 1. The summed E-state index contributed by atoms with van der Waals surface area (Å²) in [4.78, 5) is 7.44. The number of likely N-dealkylation sites (tertiary alicyclic amines) is 1. The Bertz CT molecular complexity index is 998. The van der Waals surface area contributed by atoms with Crippen LogP contribution < -0.4 is 0 Å². The first kappa shape index (κ1) is 20.5. The van der Waals surface area contributed by atoms with Crippen molar-refractivity contribution in [1.82, 2.24) is 9.47 Å². The van der Waals surface area contributed by atoms with Crippen molar-refractivity contribution in [2.24, 2.45) is 10.9 Å². The molecule has 154 valence electrons. The van der Waals surface area contributed by atoms with Crippen LogP contribution in [0.25, 0.3) is 5.69 Å². The standard InChI is InChI=1S/C23H27Cl2N3O/c1-14-10-19(27-8-6-17(13-29)7-9-27)12-20-15(2)16(3)28(23(20)26-14)22-5-4-18(24)11-21(22)25/h4-5,10-11,17,29H,6-9,12-13H2,1-3H3. The van der Waals surface area contributed by atoms with Crippen LogP contribution in [0.2, 0.25) is 10.0 Å². The number of hydrogen-bond acceptors (Lipinski definition) is 3. The molecule has 1 saturated heterocycles. The van der Waals surface area contributed by atoms with Crippen molar-refractivity contribution >= 4 is 34.7 Å². The molecular formula is C23H27Cl2N3O. The average molecular weight is 432 g/mol. The lowest BCUT2D eigenvalue weighted by Gasteiger charge is -2.34. The van der Waals surface area contributed by atoms with E-state index in [0.717, 1.165) is 55.3 Å². The second-order valence-corrected chi connectivity index (χ2v) is 8.97. The van der Waals surface area contributed by atoms with Gasteiger partial charge in [-0.15, -0.1) is 0 Å². The summed E-state index contributed by atoms with van der Waals surface area (Å²) in [5.41, 5.74) is 6.86. The molecule has 3 heterocycles. The minimum absolute atomic E-state index is 0.292. The molecule has 0 amide bonds. The Labute approximate surface area is 182 Å². The van der Waals surface area contributed by atoms with Crippen LogP contribution in [0, 0.1) is 19.8 Å². The maximum atomic E-state index is 9.45. The third-order valence-corrected chi connectivity index (χ3v) is 6.80. The first-order chi connectivity index (χ1) is 13.9. The number of hydrogen-bond donors (Lipinski definition) is 1. The summed E-state index contributed by atoms with van der Waals surface area (Å²) in [5.74, 6) is 1.39. The van der Waals surface area contributed by atoms with Crippen LogP contribution in [0.3, 0.4) is 0 Å². The van der Waals surface area contributed by atoms with Gasteiger partial charge in [0.15, 0.2) is 0 Å². The Morgan fingerprint density at radius 3 is 2.52 bits per heavy atom. The maximum Gasteiger partial charge on any atom is 0.141 e. The normalized spacial score (nSPS) is 17.7. The summed E-state index contributed by atoms with van der Waals surface area (Å²) in [6, 6.07) is 5.61.